The van der Waals surface area contributed by atoms with Crippen molar-refractivity contribution in [3.63, 3.8) is 0 Å². The van der Waals surface area contributed by atoms with Crippen LogP contribution in [0.1, 0.15) is 148 Å². The number of carbonyl (C=O) groups is 6. The quantitative estimate of drug-likeness (QED) is 0.0274. The number of ether oxygens (including phenoxy) is 12. The molecule has 37 nitrogen and oxygen atoms in total. The number of pyridine rings is 3. The molecule has 0 radical (unpaired) electrons. The highest BCUT2D eigenvalue weighted by atomic mass is 31.2. The minimum atomic E-state index is -4.58. The van der Waals surface area contributed by atoms with Crippen molar-refractivity contribution in [3.05, 3.63) is 291 Å². The summed E-state index contributed by atoms with van der Waals surface area (Å²) < 4.78 is 190. The Kier molecular flexibility index (Phi) is 27.0. The molecule has 5 saturated heterocycles. The third-order valence-electron chi connectivity index (χ3n) is 26.5. The van der Waals surface area contributed by atoms with Crippen LogP contribution in [0, 0.1) is 40.3 Å². The average molecular weight is 1990 g/mol. The molecular weight excluding hydrogens is 1890 g/mol. The van der Waals surface area contributed by atoms with Crippen LogP contribution < -0.4 is 60.2 Å². The van der Waals surface area contributed by atoms with Gasteiger partial charge in [0.25, 0.3) is 17.7 Å². The molecular formula is C98H98F6N13O24P. The number of rotatable bonds is 18. The molecule has 142 heavy (non-hydrogen) atoms. The van der Waals surface area contributed by atoms with Gasteiger partial charge in [-0.25, -0.2) is 40.5 Å². The molecule has 1 N–H and O–H groups in total. The Balaban J connectivity index is 0.000000136. The van der Waals surface area contributed by atoms with Gasteiger partial charge in [0.1, 0.15) is 42.7 Å². The molecule has 11 aliphatic rings. The summed E-state index contributed by atoms with van der Waals surface area (Å²) in [4.78, 5) is 128. The van der Waals surface area contributed by atoms with E-state index in [0.29, 0.717) is 59.9 Å². The van der Waals surface area contributed by atoms with Crippen molar-refractivity contribution in [2.75, 3.05) is 164 Å². The van der Waals surface area contributed by atoms with Gasteiger partial charge >= 0.3 is 26.0 Å². The SMILES string of the molecule is CCOC(=O)OCOc1c2n(ccc1=O)N(C1c3ccccc3N3CCOCC3c3c1ccc(F)c3F)C1COCCN1C2=O.CCOC(=O)OCOc1c2n(ccc1=O)N([C@@H]1c3ccccc3N3CCOCC3c3c1ccc(F)c3F)[C@@H]1COCCN1C2=O.CCOP(=O)(N[C@@H](C(=O)OC)C(C)(C)C)Oc1c2n(ccc1=O)N(C1c3ccccc3-n3cccc3-c3c1ccc(F)c3F)C1COCCN1C2=O. The molecule has 0 saturated carbocycles. The molecule has 4 aromatic heterocycles. The number of halogens is 6. The predicted molar refractivity (Wildman–Crippen MR) is 493 cm³/mol. The minimum Gasteiger partial charge on any atom is -0.468 e. The number of aromatic nitrogens is 4. The van der Waals surface area contributed by atoms with Gasteiger partial charge in [-0.05, 0) is 91.4 Å². The summed E-state index contributed by atoms with van der Waals surface area (Å²) in [6.07, 6.45) is 1.85. The molecule has 10 atom stereocenters. The Bertz CT molecular complexity index is 6630. The zero-order valence-corrected chi connectivity index (χ0v) is 78.7. The fourth-order valence-corrected chi connectivity index (χ4v) is 22.2. The number of fused-ring (bicyclic) bond motifs is 21. The maximum absolute atomic E-state index is 16.1. The minimum absolute atomic E-state index is 0.0199. The molecule has 15 heterocycles. The standard InChI is InChI=1S/C36H38F2N5O8P.2C31H30F2N4O8/c1-6-50-52(47,39-33(35(46)48-5)36(2,3)4)51-32-26(44)15-17-42-31(32)34(45)41-18-19-49-20-27(41)43(42)30-21-10-7-8-11-24(21)40-16-9-12-25(40)28-22(30)13-14-23(37)29(28)38;2*1-2-43-31(40)45-17-44-29-23(38)9-10-36-28(29)30(39)35-12-14-42-16-24(35)37(36)27-18-5-3-4-6-21(18)34-11-13-41-15-22(34)25-19(27)7-8-20(32)26(25)33/h7-17,27,30,33H,6,18-20H2,1-5H3,(H,39,47);2*3-10,22,24,27H,2,11-17H2,1H3/t27?,30?,33-,52?;22?,24-,27-;/m01./s1. The molecule has 746 valence electrons. The largest absolute Gasteiger partial charge is 0.511 e. The summed E-state index contributed by atoms with van der Waals surface area (Å²) in [5.74, 6) is -9.64. The number of methoxy groups -OCH3 is 1. The van der Waals surface area contributed by atoms with Crippen LogP contribution in [-0.2, 0) is 61.3 Å². The molecule has 10 aromatic rings. The highest BCUT2D eigenvalue weighted by molar-refractivity contribution is 7.52. The van der Waals surface area contributed by atoms with Crippen molar-refractivity contribution in [1.82, 2.24) is 38.4 Å². The number of carbonyl (C=O) groups excluding carboxylic acids is 6. The zero-order valence-electron chi connectivity index (χ0n) is 77.8. The molecule has 21 rings (SSSR count). The third kappa shape index (κ3) is 17.2. The second-order valence-corrected chi connectivity index (χ2v) is 37.0. The van der Waals surface area contributed by atoms with E-state index in [9.17, 15) is 56.5 Å². The third-order valence-corrected chi connectivity index (χ3v) is 28.1. The number of para-hydroxylation sites is 3. The van der Waals surface area contributed by atoms with Gasteiger partial charge < -0.3 is 90.4 Å². The molecule has 11 aliphatic heterocycles. The number of hydrogen-bond donors (Lipinski definition) is 1. The van der Waals surface area contributed by atoms with E-state index < -0.39 is 174 Å². The van der Waals surface area contributed by atoms with E-state index in [-0.39, 0.29) is 138 Å². The van der Waals surface area contributed by atoms with Crippen molar-refractivity contribution < 1.29 is 126 Å². The Morgan fingerprint density at radius 3 is 1.23 bits per heavy atom. The van der Waals surface area contributed by atoms with Gasteiger partial charge in [0.2, 0.25) is 47.1 Å². The summed E-state index contributed by atoms with van der Waals surface area (Å²) in [7, 11) is -3.40. The fourth-order valence-electron chi connectivity index (χ4n) is 20.5. The van der Waals surface area contributed by atoms with Gasteiger partial charge in [0.15, 0.2) is 52.0 Å². The number of benzene rings is 6. The number of amides is 3. The first-order valence-electron chi connectivity index (χ1n) is 46.1. The molecule has 7 unspecified atom stereocenters. The van der Waals surface area contributed by atoms with Gasteiger partial charge in [-0.15, -0.1) is 0 Å². The van der Waals surface area contributed by atoms with Crippen LogP contribution in [-0.4, -0.2) is 233 Å². The van der Waals surface area contributed by atoms with Crippen molar-refractivity contribution in [1.29, 1.82) is 0 Å². The van der Waals surface area contributed by atoms with Crippen LogP contribution in [0.15, 0.2) is 179 Å². The number of hydrogen-bond acceptors (Lipinski definition) is 29. The highest BCUT2D eigenvalue weighted by Crippen LogP contribution is 2.54. The molecule has 0 aliphatic carbocycles. The lowest BCUT2D eigenvalue weighted by Gasteiger charge is -2.51. The lowest BCUT2D eigenvalue weighted by molar-refractivity contribution is -0.145. The van der Waals surface area contributed by atoms with Crippen molar-refractivity contribution >= 4 is 55.1 Å². The second-order valence-electron chi connectivity index (χ2n) is 35.3. The van der Waals surface area contributed by atoms with Gasteiger partial charge in [0.05, 0.1) is 116 Å². The molecule has 3 amide bonds. The van der Waals surface area contributed by atoms with E-state index in [0.717, 1.165) is 46.8 Å². The van der Waals surface area contributed by atoms with Crippen molar-refractivity contribution in [2.45, 2.75) is 96.3 Å². The van der Waals surface area contributed by atoms with E-state index in [4.69, 9.17) is 65.9 Å². The lowest BCUT2D eigenvalue weighted by Crippen LogP contribution is -2.66. The average Bonchev–Trinajstić information content (AvgIpc) is 1.26. The molecule has 6 aromatic carbocycles. The zero-order chi connectivity index (χ0) is 99.6. The van der Waals surface area contributed by atoms with Crippen LogP contribution in [0.5, 0.6) is 17.2 Å². The Morgan fingerprint density at radius 2 is 0.810 bits per heavy atom. The first-order chi connectivity index (χ1) is 68.6. The Morgan fingerprint density at radius 1 is 0.430 bits per heavy atom. The summed E-state index contributed by atoms with van der Waals surface area (Å²) in [5.41, 5.74) is 3.16. The van der Waals surface area contributed by atoms with E-state index in [1.165, 1.54) is 62.8 Å². The summed E-state index contributed by atoms with van der Waals surface area (Å²) in [5, 5.41) is 8.08. The maximum Gasteiger partial charge on any atom is 0.511 e. The van der Waals surface area contributed by atoms with E-state index >= 15 is 17.6 Å². The molecule has 0 bridgehead atoms. The summed E-state index contributed by atoms with van der Waals surface area (Å²) >= 11 is 0. The molecule has 44 heteroatoms. The van der Waals surface area contributed by atoms with E-state index in [1.54, 1.807) is 91.4 Å². The Labute approximate surface area is 806 Å². The normalized spacial score (nSPS) is 21.1. The van der Waals surface area contributed by atoms with Gasteiger partial charge in [-0.1, -0.05) is 93.6 Å². The Hall–Kier alpha value is -14.2. The summed E-state index contributed by atoms with van der Waals surface area (Å²) in [6.45, 7) is 12.0. The van der Waals surface area contributed by atoms with E-state index in [1.807, 2.05) is 92.6 Å². The number of morpholine rings is 5. The number of nitrogens with one attached hydrogen (secondary N) is 1. The van der Waals surface area contributed by atoms with Crippen molar-refractivity contribution in [2.24, 2.45) is 5.41 Å². The molecule has 5 fully saturated rings. The summed E-state index contributed by atoms with van der Waals surface area (Å²) in [6, 6.07) is 32.6. The molecule has 0 spiro atoms. The van der Waals surface area contributed by atoms with E-state index in [2.05, 4.69) is 5.09 Å². The highest BCUT2D eigenvalue weighted by Gasteiger charge is 2.54. The number of anilines is 2. The first-order valence-corrected chi connectivity index (χ1v) is 47.6. The predicted octanol–water partition coefficient (Wildman–Crippen LogP) is 11.3. The van der Waals surface area contributed by atoms with Crippen LogP contribution in [0.4, 0.5) is 47.3 Å². The number of nitrogens with zero attached hydrogens (tertiary/aromatic N) is 12. The van der Waals surface area contributed by atoms with Crippen LogP contribution in [0.25, 0.3) is 16.9 Å². The smallest absolute Gasteiger partial charge is 0.468 e. The van der Waals surface area contributed by atoms with Gasteiger partial charge in [-0.3, -0.25) is 67.1 Å². The first kappa shape index (κ1) is 96.7. The van der Waals surface area contributed by atoms with Gasteiger partial charge in [-0.2, -0.15) is 5.09 Å². The maximum atomic E-state index is 16.1. The topological polar surface area (TPSA) is 358 Å². The second kappa shape index (κ2) is 39.7. The van der Waals surface area contributed by atoms with Crippen LogP contribution in [0.2, 0.25) is 0 Å². The lowest BCUT2D eigenvalue weighted by atomic mass is 9.87. The van der Waals surface area contributed by atoms with Gasteiger partial charge in [0, 0.05) is 120 Å². The van der Waals surface area contributed by atoms with Crippen LogP contribution in [0.3, 0.4) is 0 Å². The fraction of sp³-hybridized carbons (Fsp3) is 0.378. The van der Waals surface area contributed by atoms with Crippen LogP contribution >= 0.6 is 7.75 Å². The monoisotopic (exact) mass is 1990 g/mol. The number of esters is 1. The van der Waals surface area contributed by atoms with Crippen molar-refractivity contribution in [3.8, 4) is 34.2 Å².